The molecule has 0 unspecified atom stereocenters. The van der Waals surface area contributed by atoms with E-state index in [1.807, 2.05) is 0 Å². The van der Waals surface area contributed by atoms with Crippen LogP contribution >= 0.6 is 0 Å². The van der Waals surface area contributed by atoms with Crippen molar-refractivity contribution < 1.29 is 13.9 Å². The molecule has 1 amide bonds. The first-order valence-electron chi connectivity index (χ1n) is 6.88. The number of amides is 1. The quantitative estimate of drug-likeness (QED) is 0.933. The molecule has 1 aromatic carbocycles. The molecule has 1 saturated heterocycles. The summed E-state index contributed by atoms with van der Waals surface area (Å²) in [5.74, 6) is -0.133. The molecule has 2 heterocycles. The van der Waals surface area contributed by atoms with Gasteiger partial charge in [0, 0.05) is 24.8 Å². The maximum Gasteiger partial charge on any atom is 0.269 e. The van der Waals surface area contributed by atoms with Crippen LogP contribution in [-0.2, 0) is 4.74 Å². The molecule has 110 valence electrons. The Morgan fingerprint density at radius 3 is 2.95 bits per heavy atom. The lowest BCUT2D eigenvalue weighted by Gasteiger charge is -2.11. The molecule has 21 heavy (non-hydrogen) atoms. The standard InChI is InChI=1S/C15H16FN3O2/c16-12-1-3-13(4-2-12)19-10-17-8-14(19)15(20)18-7-11-5-6-21-9-11/h1-4,8,10-11H,5-7,9H2,(H,18,20)/t11-/m1/s1. The van der Waals surface area contributed by atoms with Gasteiger partial charge in [-0.1, -0.05) is 0 Å². The van der Waals surface area contributed by atoms with E-state index in [0.717, 1.165) is 13.0 Å². The van der Waals surface area contributed by atoms with Gasteiger partial charge in [-0.25, -0.2) is 9.37 Å². The summed E-state index contributed by atoms with van der Waals surface area (Å²) in [5, 5.41) is 2.89. The van der Waals surface area contributed by atoms with Gasteiger partial charge in [0.15, 0.2) is 0 Å². The molecule has 0 saturated carbocycles. The molecule has 3 rings (SSSR count). The van der Waals surface area contributed by atoms with Crippen molar-refractivity contribution >= 4 is 5.91 Å². The lowest BCUT2D eigenvalue weighted by molar-refractivity contribution is 0.0938. The van der Waals surface area contributed by atoms with Gasteiger partial charge in [0.2, 0.25) is 0 Å². The molecular formula is C15H16FN3O2. The summed E-state index contributed by atoms with van der Waals surface area (Å²) in [6, 6.07) is 5.93. The van der Waals surface area contributed by atoms with Crippen molar-refractivity contribution in [2.75, 3.05) is 19.8 Å². The Morgan fingerprint density at radius 2 is 2.24 bits per heavy atom. The highest BCUT2D eigenvalue weighted by molar-refractivity contribution is 5.93. The molecule has 0 bridgehead atoms. The van der Waals surface area contributed by atoms with Gasteiger partial charge in [-0.2, -0.15) is 0 Å². The van der Waals surface area contributed by atoms with Crippen LogP contribution in [0, 0.1) is 11.7 Å². The molecule has 1 N–H and O–H groups in total. The number of carbonyl (C=O) groups is 1. The largest absolute Gasteiger partial charge is 0.381 e. The number of rotatable bonds is 4. The van der Waals surface area contributed by atoms with E-state index < -0.39 is 0 Å². The maximum absolute atomic E-state index is 13.0. The van der Waals surface area contributed by atoms with Crippen molar-refractivity contribution in [3.63, 3.8) is 0 Å². The Bertz CT molecular complexity index is 618. The van der Waals surface area contributed by atoms with Crippen molar-refractivity contribution in [3.05, 3.63) is 48.3 Å². The number of aromatic nitrogens is 2. The minimum atomic E-state index is -0.314. The van der Waals surface area contributed by atoms with E-state index >= 15 is 0 Å². The zero-order chi connectivity index (χ0) is 14.7. The molecule has 0 radical (unpaired) electrons. The Hall–Kier alpha value is -2.21. The van der Waals surface area contributed by atoms with Gasteiger partial charge in [0.1, 0.15) is 11.5 Å². The zero-order valence-corrected chi connectivity index (χ0v) is 11.5. The minimum absolute atomic E-state index is 0.191. The molecule has 6 heteroatoms. The Kier molecular flexibility index (Phi) is 3.96. The smallest absolute Gasteiger partial charge is 0.269 e. The zero-order valence-electron chi connectivity index (χ0n) is 11.5. The van der Waals surface area contributed by atoms with Crippen molar-refractivity contribution in [2.24, 2.45) is 5.92 Å². The Balaban J connectivity index is 1.72. The first-order chi connectivity index (χ1) is 10.2. The van der Waals surface area contributed by atoms with Gasteiger partial charge in [0.05, 0.1) is 19.1 Å². The van der Waals surface area contributed by atoms with Gasteiger partial charge in [-0.15, -0.1) is 0 Å². The normalized spacial score (nSPS) is 17.9. The lowest BCUT2D eigenvalue weighted by Crippen LogP contribution is -2.30. The van der Waals surface area contributed by atoms with E-state index in [4.69, 9.17) is 4.74 Å². The van der Waals surface area contributed by atoms with Crippen LogP contribution in [0.15, 0.2) is 36.8 Å². The number of halogens is 1. The molecule has 1 aliphatic heterocycles. The predicted molar refractivity (Wildman–Crippen MR) is 74.8 cm³/mol. The number of hydrogen-bond acceptors (Lipinski definition) is 3. The second-order valence-corrected chi connectivity index (χ2v) is 5.06. The molecule has 0 spiro atoms. The molecule has 1 atom stereocenters. The van der Waals surface area contributed by atoms with Crippen molar-refractivity contribution in [1.82, 2.24) is 14.9 Å². The van der Waals surface area contributed by atoms with E-state index in [-0.39, 0.29) is 11.7 Å². The van der Waals surface area contributed by atoms with Crippen LogP contribution in [0.3, 0.4) is 0 Å². The number of imidazole rings is 1. The Morgan fingerprint density at radius 1 is 1.43 bits per heavy atom. The highest BCUT2D eigenvalue weighted by atomic mass is 19.1. The third-order valence-corrected chi connectivity index (χ3v) is 3.55. The van der Waals surface area contributed by atoms with Gasteiger partial charge < -0.3 is 10.1 Å². The highest BCUT2D eigenvalue weighted by Gasteiger charge is 2.18. The number of nitrogens with zero attached hydrogens (tertiary/aromatic N) is 2. The summed E-state index contributed by atoms with van der Waals surface area (Å²) < 4.78 is 19.9. The number of benzene rings is 1. The topological polar surface area (TPSA) is 56.1 Å². The fraction of sp³-hybridized carbons (Fsp3) is 0.333. The fourth-order valence-electron chi connectivity index (χ4n) is 2.34. The molecule has 2 aromatic rings. The number of carbonyl (C=O) groups excluding carboxylic acids is 1. The third kappa shape index (κ3) is 3.11. The maximum atomic E-state index is 13.0. The monoisotopic (exact) mass is 289 g/mol. The van der Waals surface area contributed by atoms with E-state index in [0.29, 0.717) is 30.5 Å². The van der Waals surface area contributed by atoms with Crippen LogP contribution < -0.4 is 5.32 Å². The number of ether oxygens (including phenoxy) is 1. The molecular weight excluding hydrogens is 273 g/mol. The summed E-state index contributed by atoms with van der Waals surface area (Å²) in [7, 11) is 0. The first-order valence-corrected chi connectivity index (χ1v) is 6.88. The Labute approximate surface area is 121 Å². The average molecular weight is 289 g/mol. The van der Waals surface area contributed by atoms with Crippen LogP contribution in [0.25, 0.3) is 5.69 Å². The molecule has 0 aliphatic carbocycles. The predicted octanol–water partition coefficient (Wildman–Crippen LogP) is 1.78. The SMILES string of the molecule is O=C(NC[C@H]1CCOC1)c1cncn1-c1ccc(F)cc1. The van der Waals surface area contributed by atoms with Gasteiger partial charge in [-0.05, 0) is 30.7 Å². The summed E-state index contributed by atoms with van der Waals surface area (Å²) in [6.45, 7) is 2.04. The van der Waals surface area contributed by atoms with Crippen LogP contribution in [0.1, 0.15) is 16.9 Å². The van der Waals surface area contributed by atoms with E-state index in [2.05, 4.69) is 10.3 Å². The summed E-state index contributed by atoms with van der Waals surface area (Å²) in [6.07, 6.45) is 4.02. The molecule has 5 nitrogen and oxygen atoms in total. The van der Waals surface area contributed by atoms with Crippen LogP contribution in [0.2, 0.25) is 0 Å². The third-order valence-electron chi connectivity index (χ3n) is 3.55. The van der Waals surface area contributed by atoms with Crippen LogP contribution in [0.5, 0.6) is 0 Å². The lowest BCUT2D eigenvalue weighted by atomic mass is 10.1. The summed E-state index contributed by atoms with van der Waals surface area (Å²) in [4.78, 5) is 16.2. The van der Waals surface area contributed by atoms with Gasteiger partial charge >= 0.3 is 0 Å². The summed E-state index contributed by atoms with van der Waals surface area (Å²) >= 11 is 0. The second kappa shape index (κ2) is 6.05. The van der Waals surface area contributed by atoms with Crippen molar-refractivity contribution in [1.29, 1.82) is 0 Å². The van der Waals surface area contributed by atoms with Gasteiger partial charge in [-0.3, -0.25) is 9.36 Å². The minimum Gasteiger partial charge on any atom is -0.381 e. The second-order valence-electron chi connectivity index (χ2n) is 5.06. The number of nitrogens with one attached hydrogen (secondary N) is 1. The van der Waals surface area contributed by atoms with E-state index in [1.165, 1.54) is 18.3 Å². The van der Waals surface area contributed by atoms with E-state index in [1.54, 1.807) is 23.0 Å². The van der Waals surface area contributed by atoms with E-state index in [9.17, 15) is 9.18 Å². The van der Waals surface area contributed by atoms with Crippen molar-refractivity contribution in [3.8, 4) is 5.69 Å². The van der Waals surface area contributed by atoms with Gasteiger partial charge in [0.25, 0.3) is 5.91 Å². The molecule has 1 fully saturated rings. The fourth-order valence-corrected chi connectivity index (χ4v) is 2.34. The molecule has 1 aromatic heterocycles. The van der Waals surface area contributed by atoms with Crippen molar-refractivity contribution in [2.45, 2.75) is 6.42 Å². The summed E-state index contributed by atoms with van der Waals surface area (Å²) in [5.41, 5.74) is 1.13. The van der Waals surface area contributed by atoms with Crippen LogP contribution in [0.4, 0.5) is 4.39 Å². The first kappa shape index (κ1) is 13.8. The number of hydrogen-bond donors (Lipinski definition) is 1. The molecule has 1 aliphatic rings. The average Bonchev–Trinajstić information content (AvgIpc) is 3.17. The van der Waals surface area contributed by atoms with Crippen LogP contribution in [-0.4, -0.2) is 35.2 Å². The highest BCUT2D eigenvalue weighted by Crippen LogP contribution is 2.13.